The van der Waals surface area contributed by atoms with Gasteiger partial charge in [0.1, 0.15) is 16.9 Å². The fourth-order valence-electron chi connectivity index (χ4n) is 18.1. The Hall–Kier alpha value is -6.11. The second-order valence-electron chi connectivity index (χ2n) is 26.3. The van der Waals surface area contributed by atoms with Crippen LogP contribution in [0, 0.1) is 29.1 Å². The van der Waals surface area contributed by atoms with Gasteiger partial charge in [-0.2, -0.15) is 0 Å². The smallest absolute Gasteiger partial charge is 0.340 e. The maximum atomic E-state index is 15.8. The Morgan fingerprint density at radius 1 is 0.795 bits per heavy atom. The van der Waals surface area contributed by atoms with Crippen molar-refractivity contribution >= 4 is 29.0 Å². The van der Waals surface area contributed by atoms with Crippen LogP contribution in [0.5, 0.6) is 5.75 Å². The normalized spacial score (nSPS) is 30.8. The number of carbonyl (C=O) groups is 2. The van der Waals surface area contributed by atoms with E-state index in [2.05, 4.69) is 91.0 Å². The Morgan fingerprint density at radius 3 is 2.39 bits per heavy atom. The molecule has 2 spiro atoms. The van der Waals surface area contributed by atoms with E-state index < -0.39 is 47.9 Å². The van der Waals surface area contributed by atoms with Crippen LogP contribution in [0.15, 0.2) is 117 Å². The maximum absolute atomic E-state index is 15.8. The van der Waals surface area contributed by atoms with Crippen molar-refractivity contribution in [1.82, 2.24) is 0 Å². The summed E-state index contributed by atoms with van der Waals surface area (Å²) in [5.41, 5.74) is 8.89. The maximum Gasteiger partial charge on any atom is 0.340 e. The summed E-state index contributed by atoms with van der Waals surface area (Å²) < 4.78 is 33.5. The average Bonchev–Trinajstić information content (AvgIpc) is 3.49. The number of allylic oxidation sites excluding steroid dienone is 3. The third kappa shape index (κ3) is 9.59. The Morgan fingerprint density at radius 2 is 1.59 bits per heavy atom. The van der Waals surface area contributed by atoms with Crippen LogP contribution >= 0.6 is 0 Å². The molecule has 11 unspecified atom stereocenters. The van der Waals surface area contributed by atoms with Gasteiger partial charge in [0.05, 0.1) is 25.4 Å². The van der Waals surface area contributed by atoms with Crippen LogP contribution in [-0.2, 0) is 48.7 Å². The number of aryl methyl sites for hydroxylation is 1. The number of esters is 2. The number of methoxy groups -OCH3 is 1. The molecule has 0 radical (unpaired) electrons. The van der Waals surface area contributed by atoms with Crippen molar-refractivity contribution in [3.8, 4) is 5.75 Å². The van der Waals surface area contributed by atoms with Crippen LogP contribution in [0.1, 0.15) is 196 Å². The van der Waals surface area contributed by atoms with E-state index in [1.807, 2.05) is 13.0 Å². The molecular weight excluding hydrogens is 1040 g/mol. The largest absolute Gasteiger partial charge is 0.483 e. The average molecular weight is 1120 g/mol. The van der Waals surface area contributed by atoms with E-state index in [1.54, 1.807) is 13.0 Å². The molecule has 436 valence electrons. The summed E-state index contributed by atoms with van der Waals surface area (Å²) in [6, 6.07) is 28.3. The molecule has 83 heavy (non-hydrogen) atoms. The number of aliphatic hydroxyl groups is 3. The van der Waals surface area contributed by atoms with Crippen LogP contribution in [0.2, 0.25) is 0 Å². The molecule has 1 aromatic heterocycles. The van der Waals surface area contributed by atoms with Gasteiger partial charge in [-0.1, -0.05) is 117 Å². The zero-order chi connectivity index (χ0) is 57.2. The Bertz CT molecular complexity index is 3440. The lowest BCUT2D eigenvalue weighted by molar-refractivity contribution is -0.203. The minimum atomic E-state index is -1.32. The van der Waals surface area contributed by atoms with Crippen LogP contribution in [0.3, 0.4) is 0 Å². The summed E-state index contributed by atoms with van der Waals surface area (Å²) >= 11 is 0. The molecule has 4 aromatic carbocycles. The molecule has 11 heteroatoms. The van der Waals surface area contributed by atoms with Gasteiger partial charge < -0.3 is 38.7 Å². The second kappa shape index (κ2) is 22.7. The number of aliphatic hydroxyl groups excluding tert-OH is 3. The first-order valence-electron chi connectivity index (χ1n) is 31.3. The molecule has 2 bridgehead atoms. The lowest BCUT2D eigenvalue weighted by atomic mass is 9.48. The molecular formula is C72H82O11. The molecule has 3 saturated carbocycles. The first kappa shape index (κ1) is 56.0. The third-order valence-corrected chi connectivity index (χ3v) is 22.1. The number of carbonyl (C=O) groups excluding carboxylic acids is 2. The first-order chi connectivity index (χ1) is 40.4. The van der Waals surface area contributed by atoms with Crippen LogP contribution in [-0.4, -0.2) is 65.9 Å². The number of hydrogen-bond acceptors (Lipinski definition) is 11. The molecule has 0 amide bonds. The topological polar surface area (TPSA) is 162 Å². The zero-order valence-electron chi connectivity index (χ0n) is 48.7. The highest BCUT2D eigenvalue weighted by molar-refractivity contribution is 5.90. The number of fused-ring (bicyclic) bond motifs is 13. The highest BCUT2D eigenvalue weighted by Crippen LogP contribution is 2.62. The van der Waals surface area contributed by atoms with Gasteiger partial charge in [-0.15, -0.1) is 0 Å². The summed E-state index contributed by atoms with van der Waals surface area (Å²) in [5.74, 6) is -0.793. The van der Waals surface area contributed by atoms with Crippen LogP contribution < -0.4 is 10.4 Å². The van der Waals surface area contributed by atoms with Crippen LogP contribution in [0.25, 0.3) is 17.0 Å². The number of rotatable bonds is 9. The highest BCUT2D eigenvalue weighted by atomic mass is 16.6. The number of benzene rings is 4. The van der Waals surface area contributed by atoms with E-state index >= 15 is 9.59 Å². The van der Waals surface area contributed by atoms with Crippen molar-refractivity contribution < 1.29 is 48.3 Å². The minimum absolute atomic E-state index is 0.0281. The van der Waals surface area contributed by atoms with Crippen molar-refractivity contribution in [2.24, 2.45) is 29.1 Å². The minimum Gasteiger partial charge on any atom is -0.483 e. The molecule has 11 atom stereocenters. The fraction of sp³-hybridized carbons (Fsp3) is 0.514. The van der Waals surface area contributed by atoms with Crippen molar-refractivity contribution in [2.75, 3.05) is 26.9 Å². The molecule has 9 aliphatic rings. The molecule has 3 aliphatic heterocycles. The lowest BCUT2D eigenvalue weighted by Gasteiger charge is -2.55. The monoisotopic (exact) mass is 1120 g/mol. The van der Waals surface area contributed by atoms with E-state index in [1.165, 1.54) is 54.2 Å². The van der Waals surface area contributed by atoms with Crippen molar-refractivity contribution in [2.45, 2.75) is 177 Å². The van der Waals surface area contributed by atoms with Gasteiger partial charge in [-0.3, -0.25) is 4.79 Å². The highest BCUT2D eigenvalue weighted by Gasteiger charge is 2.59. The van der Waals surface area contributed by atoms with Gasteiger partial charge in [-0.25, -0.2) is 9.59 Å². The van der Waals surface area contributed by atoms with Gasteiger partial charge in [0.15, 0.2) is 12.2 Å². The third-order valence-electron chi connectivity index (χ3n) is 22.1. The summed E-state index contributed by atoms with van der Waals surface area (Å²) in [6.07, 6.45) is 22.8. The summed E-state index contributed by atoms with van der Waals surface area (Å²) in [5, 5.41) is 32.5. The van der Waals surface area contributed by atoms with E-state index in [4.69, 9.17) is 23.4 Å². The van der Waals surface area contributed by atoms with Gasteiger partial charge in [0, 0.05) is 65.7 Å². The van der Waals surface area contributed by atoms with Gasteiger partial charge in [-0.05, 0) is 183 Å². The van der Waals surface area contributed by atoms with Crippen LogP contribution in [0.4, 0.5) is 0 Å². The molecule has 3 fully saturated rings. The van der Waals surface area contributed by atoms with E-state index in [9.17, 15) is 20.1 Å². The SMILES string of the molecule is COCC(CCO)c1c(CO)c2ccc3c(c2oc1=O)C1OC(=O)CC2CC(c4cccc5c4CCC4CCCC6C=Cc7ccccc7C564)C=CC2c2ccc(cc2)CCC(=C(C)CO)C(=O)OC1C(C)(C1CCCC2(CCCC2)C1)O3. The second-order valence-corrected chi connectivity index (χ2v) is 26.3. The molecule has 3 N–H and O–H groups in total. The lowest BCUT2D eigenvalue weighted by Crippen LogP contribution is -2.59. The first-order valence-corrected chi connectivity index (χ1v) is 31.3. The molecule has 6 aliphatic carbocycles. The molecule has 5 aromatic rings. The molecule has 11 nitrogen and oxygen atoms in total. The van der Waals surface area contributed by atoms with Crippen molar-refractivity contribution in [3.05, 3.63) is 174 Å². The van der Waals surface area contributed by atoms with E-state index in [0.717, 1.165) is 75.3 Å². The Labute approximate surface area is 488 Å². The van der Waals surface area contributed by atoms with Gasteiger partial charge in [0.25, 0.3) is 0 Å². The Kier molecular flexibility index (Phi) is 15.3. The molecule has 14 rings (SSSR count). The fourth-order valence-corrected chi connectivity index (χ4v) is 18.1. The van der Waals surface area contributed by atoms with Gasteiger partial charge in [0.2, 0.25) is 0 Å². The standard InChI is InChI=1S/C72H82O11/c1-43(40-74)53-27-20-44-18-21-45(22-19-44)54-28-24-47(55-15-9-17-60-56(55)29-26-51-13-8-12-50-25-23-46-11-4-5-16-59(46)72(50,51)60)37-49(54)38-62(76)80-66-64-61(31-30-57-58(41-75)63(69(78)81-65(57)64)48(32-36-73)42-79-3)83-70(2,67(66)82-68(53)77)52-14-10-35-71(39-52)33-6-7-34-71/h4-5,9,11,15-19,21-25,28,30-31,47-52,54,66-67,73-75H,6-8,10,12-14,20,26-27,29,32-42H2,1-3H3. The molecule has 0 saturated heterocycles. The predicted molar refractivity (Wildman–Crippen MR) is 319 cm³/mol. The van der Waals surface area contributed by atoms with Crippen molar-refractivity contribution in [1.29, 1.82) is 0 Å². The predicted octanol–water partition coefficient (Wildman–Crippen LogP) is 13.3. The number of hydrogen-bond donors (Lipinski definition) is 3. The zero-order valence-corrected chi connectivity index (χ0v) is 48.7. The summed E-state index contributed by atoms with van der Waals surface area (Å²) in [6.45, 7) is 2.75. The quantitative estimate of drug-likeness (QED) is 0.0557. The van der Waals surface area contributed by atoms with E-state index in [0.29, 0.717) is 58.9 Å². The van der Waals surface area contributed by atoms with E-state index in [-0.39, 0.29) is 83.9 Å². The van der Waals surface area contributed by atoms with Gasteiger partial charge >= 0.3 is 17.6 Å². The summed E-state index contributed by atoms with van der Waals surface area (Å²) in [4.78, 5) is 45.8. The number of ether oxygens (including phenoxy) is 4. The summed E-state index contributed by atoms with van der Waals surface area (Å²) in [7, 11) is 1.52. The van der Waals surface area contributed by atoms with Crippen molar-refractivity contribution in [3.63, 3.8) is 0 Å². The molecule has 4 heterocycles. The Balaban J connectivity index is 0.951.